The third kappa shape index (κ3) is 3.81. The van der Waals surface area contributed by atoms with Crippen LogP contribution in [0, 0.1) is 0 Å². The number of hydrogen-bond donors (Lipinski definition) is 2. The Kier molecular flexibility index (Phi) is 4.91. The molecule has 0 aliphatic carbocycles. The minimum absolute atomic E-state index is 0.658. The van der Waals surface area contributed by atoms with Crippen LogP contribution in [0.25, 0.3) is 0 Å². The second-order valence-electron chi connectivity index (χ2n) is 3.71. The van der Waals surface area contributed by atoms with Gasteiger partial charge in [-0.15, -0.1) is 0 Å². The number of nitrogens with one attached hydrogen (secondary N) is 2. The SMILES string of the molecule is CCC(CC)NC1=CCCCNC1. The smallest absolute Gasteiger partial charge is 0.0350 e. The van der Waals surface area contributed by atoms with Gasteiger partial charge in [-0.25, -0.2) is 0 Å². The maximum absolute atomic E-state index is 3.59. The van der Waals surface area contributed by atoms with E-state index in [1.165, 1.54) is 31.4 Å². The Balaban J connectivity index is 2.36. The van der Waals surface area contributed by atoms with Crippen LogP contribution in [0.1, 0.15) is 39.5 Å². The molecule has 0 spiro atoms. The van der Waals surface area contributed by atoms with Crippen molar-refractivity contribution in [3.63, 3.8) is 0 Å². The molecule has 0 bridgehead atoms. The Morgan fingerprint density at radius 2 is 2.23 bits per heavy atom. The van der Waals surface area contributed by atoms with E-state index in [4.69, 9.17) is 0 Å². The zero-order valence-electron chi connectivity index (χ0n) is 8.90. The van der Waals surface area contributed by atoms with Gasteiger partial charge in [0, 0.05) is 18.3 Å². The Morgan fingerprint density at radius 1 is 1.46 bits per heavy atom. The lowest BCUT2D eigenvalue weighted by atomic mass is 10.1. The average Bonchev–Trinajstić information content (AvgIpc) is 2.42. The van der Waals surface area contributed by atoms with E-state index < -0.39 is 0 Å². The molecular weight excluding hydrogens is 160 g/mol. The fourth-order valence-electron chi connectivity index (χ4n) is 1.66. The van der Waals surface area contributed by atoms with E-state index in [0.29, 0.717) is 6.04 Å². The molecule has 2 N–H and O–H groups in total. The highest BCUT2D eigenvalue weighted by atomic mass is 15.0. The van der Waals surface area contributed by atoms with Gasteiger partial charge >= 0.3 is 0 Å². The summed E-state index contributed by atoms with van der Waals surface area (Å²) in [6.07, 6.45) is 7.27. The first-order valence-electron chi connectivity index (χ1n) is 5.53. The highest BCUT2D eigenvalue weighted by Crippen LogP contribution is 2.04. The Morgan fingerprint density at radius 3 is 2.92 bits per heavy atom. The summed E-state index contributed by atoms with van der Waals surface area (Å²) < 4.78 is 0. The molecular formula is C11H22N2. The Bertz CT molecular complexity index is 159. The van der Waals surface area contributed by atoms with Crippen molar-refractivity contribution in [3.05, 3.63) is 11.8 Å². The van der Waals surface area contributed by atoms with Crippen LogP contribution in [0.2, 0.25) is 0 Å². The van der Waals surface area contributed by atoms with Crippen molar-refractivity contribution < 1.29 is 0 Å². The van der Waals surface area contributed by atoms with E-state index in [1.807, 2.05) is 0 Å². The first kappa shape index (κ1) is 10.6. The van der Waals surface area contributed by atoms with E-state index in [-0.39, 0.29) is 0 Å². The first-order chi connectivity index (χ1) is 6.36. The van der Waals surface area contributed by atoms with Crippen molar-refractivity contribution >= 4 is 0 Å². The predicted octanol–water partition coefficient (Wildman–Crippen LogP) is 2.03. The highest BCUT2D eigenvalue weighted by molar-refractivity contribution is 5.04. The molecule has 0 atom stereocenters. The largest absolute Gasteiger partial charge is 0.385 e. The minimum atomic E-state index is 0.658. The number of hydrogen-bond acceptors (Lipinski definition) is 2. The van der Waals surface area contributed by atoms with Crippen LogP contribution >= 0.6 is 0 Å². The summed E-state index contributed by atoms with van der Waals surface area (Å²) in [5, 5.41) is 7.01. The molecule has 76 valence electrons. The van der Waals surface area contributed by atoms with Gasteiger partial charge in [0.2, 0.25) is 0 Å². The third-order valence-electron chi connectivity index (χ3n) is 2.64. The zero-order valence-corrected chi connectivity index (χ0v) is 8.90. The summed E-state index contributed by atoms with van der Waals surface area (Å²) in [5.41, 5.74) is 1.39. The summed E-state index contributed by atoms with van der Waals surface area (Å²) in [5.74, 6) is 0. The van der Waals surface area contributed by atoms with E-state index in [9.17, 15) is 0 Å². The fourth-order valence-corrected chi connectivity index (χ4v) is 1.66. The van der Waals surface area contributed by atoms with Gasteiger partial charge in [0.15, 0.2) is 0 Å². The quantitative estimate of drug-likeness (QED) is 0.695. The van der Waals surface area contributed by atoms with Gasteiger partial charge in [0.05, 0.1) is 0 Å². The summed E-state index contributed by atoms with van der Waals surface area (Å²) in [6.45, 7) is 6.67. The fraction of sp³-hybridized carbons (Fsp3) is 0.818. The Labute approximate surface area is 81.8 Å². The van der Waals surface area contributed by atoms with Crippen molar-refractivity contribution in [2.24, 2.45) is 0 Å². The second-order valence-corrected chi connectivity index (χ2v) is 3.71. The topological polar surface area (TPSA) is 24.1 Å². The summed E-state index contributed by atoms with van der Waals surface area (Å²) in [7, 11) is 0. The molecule has 1 aliphatic heterocycles. The number of rotatable bonds is 4. The first-order valence-corrected chi connectivity index (χ1v) is 5.53. The molecule has 2 heteroatoms. The van der Waals surface area contributed by atoms with E-state index in [2.05, 4.69) is 30.6 Å². The zero-order chi connectivity index (χ0) is 9.52. The summed E-state index contributed by atoms with van der Waals surface area (Å²) in [4.78, 5) is 0. The van der Waals surface area contributed by atoms with Crippen LogP contribution in [-0.4, -0.2) is 19.1 Å². The van der Waals surface area contributed by atoms with Crippen LogP contribution in [0.3, 0.4) is 0 Å². The molecule has 1 heterocycles. The lowest BCUT2D eigenvalue weighted by Crippen LogP contribution is -2.31. The lowest BCUT2D eigenvalue weighted by Gasteiger charge is -2.18. The molecule has 0 aromatic rings. The normalized spacial score (nSPS) is 18.2. The molecule has 0 saturated heterocycles. The maximum Gasteiger partial charge on any atom is 0.0350 e. The van der Waals surface area contributed by atoms with Gasteiger partial charge in [-0.1, -0.05) is 19.9 Å². The van der Waals surface area contributed by atoms with Crippen LogP contribution in [0.4, 0.5) is 0 Å². The van der Waals surface area contributed by atoms with Crippen LogP contribution in [0.5, 0.6) is 0 Å². The Hall–Kier alpha value is -0.500. The van der Waals surface area contributed by atoms with Gasteiger partial charge < -0.3 is 10.6 Å². The average molecular weight is 182 g/mol. The predicted molar refractivity (Wildman–Crippen MR) is 57.7 cm³/mol. The molecule has 0 aromatic carbocycles. The molecule has 0 radical (unpaired) electrons. The molecule has 0 fully saturated rings. The summed E-state index contributed by atoms with van der Waals surface area (Å²) >= 11 is 0. The molecule has 0 saturated carbocycles. The monoisotopic (exact) mass is 182 g/mol. The summed E-state index contributed by atoms with van der Waals surface area (Å²) in [6, 6.07) is 0.658. The van der Waals surface area contributed by atoms with Crippen LogP contribution in [-0.2, 0) is 0 Å². The van der Waals surface area contributed by atoms with Gasteiger partial charge in [-0.2, -0.15) is 0 Å². The van der Waals surface area contributed by atoms with Crippen molar-refractivity contribution in [1.82, 2.24) is 10.6 Å². The molecule has 0 aromatic heterocycles. The highest BCUT2D eigenvalue weighted by Gasteiger charge is 2.06. The van der Waals surface area contributed by atoms with E-state index in [1.54, 1.807) is 0 Å². The molecule has 0 amide bonds. The standard InChI is InChI=1S/C11H22N2/c1-3-10(4-2)13-11-7-5-6-8-12-9-11/h7,10,12-13H,3-6,8-9H2,1-2H3. The van der Waals surface area contributed by atoms with Gasteiger partial charge in [-0.3, -0.25) is 0 Å². The lowest BCUT2D eigenvalue weighted by molar-refractivity contribution is 0.522. The van der Waals surface area contributed by atoms with Gasteiger partial charge in [-0.05, 0) is 32.2 Å². The third-order valence-corrected chi connectivity index (χ3v) is 2.64. The van der Waals surface area contributed by atoms with Gasteiger partial charge in [0.25, 0.3) is 0 Å². The molecule has 1 rings (SSSR count). The van der Waals surface area contributed by atoms with E-state index in [0.717, 1.165) is 13.1 Å². The van der Waals surface area contributed by atoms with E-state index >= 15 is 0 Å². The van der Waals surface area contributed by atoms with Crippen molar-refractivity contribution in [1.29, 1.82) is 0 Å². The molecule has 2 nitrogen and oxygen atoms in total. The maximum atomic E-state index is 3.59. The van der Waals surface area contributed by atoms with Gasteiger partial charge in [0.1, 0.15) is 0 Å². The van der Waals surface area contributed by atoms with Crippen LogP contribution < -0.4 is 10.6 Å². The van der Waals surface area contributed by atoms with Crippen molar-refractivity contribution in [3.8, 4) is 0 Å². The molecule has 0 unspecified atom stereocenters. The molecule has 13 heavy (non-hydrogen) atoms. The number of allylic oxidation sites excluding steroid dienone is 1. The van der Waals surface area contributed by atoms with Crippen LogP contribution in [0.15, 0.2) is 11.8 Å². The van der Waals surface area contributed by atoms with Crippen molar-refractivity contribution in [2.45, 2.75) is 45.6 Å². The van der Waals surface area contributed by atoms with Crippen molar-refractivity contribution in [2.75, 3.05) is 13.1 Å². The minimum Gasteiger partial charge on any atom is -0.385 e. The second kappa shape index (κ2) is 6.03. The molecule has 1 aliphatic rings.